The SMILES string of the molecule is C=CC(N)C(/C(=C(/NCCC)N(C)C)C(C)NC)c1ccc(F)cc1. The normalized spacial score (nSPS) is 15.8. The van der Waals surface area contributed by atoms with Crippen molar-refractivity contribution in [2.24, 2.45) is 5.73 Å². The molecule has 0 radical (unpaired) electrons. The molecule has 3 atom stereocenters. The van der Waals surface area contributed by atoms with Gasteiger partial charge in [-0.05, 0) is 43.7 Å². The molecule has 3 unspecified atom stereocenters. The first-order valence-corrected chi connectivity index (χ1v) is 8.83. The van der Waals surface area contributed by atoms with Gasteiger partial charge in [0.25, 0.3) is 0 Å². The highest BCUT2D eigenvalue weighted by molar-refractivity contribution is 5.37. The van der Waals surface area contributed by atoms with Crippen LogP contribution in [0.4, 0.5) is 4.39 Å². The topological polar surface area (TPSA) is 53.3 Å². The van der Waals surface area contributed by atoms with Gasteiger partial charge >= 0.3 is 0 Å². The van der Waals surface area contributed by atoms with Crippen LogP contribution in [-0.4, -0.2) is 44.7 Å². The van der Waals surface area contributed by atoms with Gasteiger partial charge in [0.05, 0.1) is 0 Å². The van der Waals surface area contributed by atoms with E-state index in [-0.39, 0.29) is 23.8 Å². The molecule has 0 aliphatic rings. The van der Waals surface area contributed by atoms with Gasteiger partial charge in [-0.25, -0.2) is 4.39 Å². The zero-order valence-corrected chi connectivity index (χ0v) is 16.1. The largest absolute Gasteiger partial charge is 0.372 e. The van der Waals surface area contributed by atoms with Crippen molar-refractivity contribution in [2.75, 3.05) is 27.7 Å². The fourth-order valence-electron chi connectivity index (χ4n) is 2.95. The first-order chi connectivity index (χ1) is 11.9. The Hall–Kier alpha value is -1.85. The molecule has 1 aromatic rings. The predicted molar refractivity (Wildman–Crippen MR) is 105 cm³/mol. The van der Waals surface area contributed by atoms with Gasteiger partial charge in [0.2, 0.25) is 0 Å². The summed E-state index contributed by atoms with van der Waals surface area (Å²) in [6, 6.07) is 6.37. The van der Waals surface area contributed by atoms with E-state index < -0.39 is 0 Å². The minimum Gasteiger partial charge on any atom is -0.372 e. The van der Waals surface area contributed by atoms with Gasteiger partial charge in [0.15, 0.2) is 0 Å². The van der Waals surface area contributed by atoms with Crippen LogP contribution in [0.25, 0.3) is 0 Å². The fraction of sp³-hybridized carbons (Fsp3) is 0.500. The van der Waals surface area contributed by atoms with Crippen LogP contribution in [-0.2, 0) is 0 Å². The van der Waals surface area contributed by atoms with Gasteiger partial charge in [0.1, 0.15) is 11.6 Å². The second-order valence-corrected chi connectivity index (χ2v) is 6.48. The molecule has 25 heavy (non-hydrogen) atoms. The zero-order chi connectivity index (χ0) is 19.0. The second-order valence-electron chi connectivity index (χ2n) is 6.48. The molecule has 1 aromatic carbocycles. The van der Waals surface area contributed by atoms with Crippen LogP contribution < -0.4 is 16.4 Å². The highest BCUT2D eigenvalue weighted by atomic mass is 19.1. The lowest BCUT2D eigenvalue weighted by atomic mass is 9.81. The molecule has 0 saturated carbocycles. The number of likely N-dealkylation sites (N-methyl/N-ethyl adjacent to an activating group) is 1. The molecule has 0 fully saturated rings. The van der Waals surface area contributed by atoms with E-state index in [0.29, 0.717) is 0 Å². The standard InChI is InChI=1S/C20H33FN4/c1-7-13-24-20(25(5)6)18(14(3)23-4)19(17(22)8-2)15-9-11-16(21)12-10-15/h8-12,14,17,19,23-24H,2,7,13,22H2,1,3-6H3/b20-18-. The number of nitrogens with two attached hydrogens (primary N) is 1. The van der Waals surface area contributed by atoms with E-state index in [9.17, 15) is 4.39 Å². The van der Waals surface area contributed by atoms with Gasteiger partial charge in [-0.3, -0.25) is 0 Å². The van der Waals surface area contributed by atoms with E-state index in [4.69, 9.17) is 5.73 Å². The van der Waals surface area contributed by atoms with Gasteiger partial charge < -0.3 is 21.3 Å². The molecule has 0 aliphatic carbocycles. The molecule has 5 heteroatoms. The summed E-state index contributed by atoms with van der Waals surface area (Å²) in [5.74, 6) is 0.677. The Labute approximate surface area is 152 Å². The monoisotopic (exact) mass is 348 g/mol. The minimum absolute atomic E-state index is 0.0859. The van der Waals surface area contributed by atoms with E-state index in [1.807, 2.05) is 21.1 Å². The zero-order valence-electron chi connectivity index (χ0n) is 16.1. The van der Waals surface area contributed by atoms with Crippen molar-refractivity contribution in [2.45, 2.75) is 38.3 Å². The average molecular weight is 349 g/mol. The van der Waals surface area contributed by atoms with E-state index in [0.717, 1.165) is 29.9 Å². The molecule has 0 aromatic heterocycles. The van der Waals surface area contributed by atoms with Gasteiger partial charge in [-0.1, -0.05) is 25.1 Å². The second kappa shape index (κ2) is 10.2. The number of nitrogens with one attached hydrogen (secondary N) is 2. The van der Waals surface area contributed by atoms with Gasteiger partial charge in [0, 0.05) is 38.6 Å². The lowest BCUT2D eigenvalue weighted by Gasteiger charge is -2.34. The summed E-state index contributed by atoms with van der Waals surface area (Å²) < 4.78 is 13.4. The summed E-state index contributed by atoms with van der Waals surface area (Å²) in [5.41, 5.74) is 8.54. The lowest BCUT2D eigenvalue weighted by Crippen LogP contribution is -2.40. The Morgan fingerprint density at radius 1 is 1.32 bits per heavy atom. The van der Waals surface area contributed by atoms with Crippen LogP contribution in [0.1, 0.15) is 31.7 Å². The molecule has 4 nitrogen and oxygen atoms in total. The maximum Gasteiger partial charge on any atom is 0.123 e. The van der Waals surface area contributed by atoms with Crippen LogP contribution in [0.3, 0.4) is 0 Å². The summed E-state index contributed by atoms with van der Waals surface area (Å²) in [6.07, 6.45) is 2.77. The summed E-state index contributed by atoms with van der Waals surface area (Å²) in [7, 11) is 5.96. The maximum absolute atomic E-state index is 13.4. The van der Waals surface area contributed by atoms with E-state index in [1.54, 1.807) is 18.2 Å². The van der Waals surface area contributed by atoms with Crippen molar-refractivity contribution >= 4 is 0 Å². The quantitative estimate of drug-likeness (QED) is 0.569. The summed E-state index contributed by atoms with van der Waals surface area (Å²) in [5, 5.41) is 6.86. The number of rotatable bonds is 10. The van der Waals surface area contributed by atoms with Crippen LogP contribution >= 0.6 is 0 Å². The minimum atomic E-state index is -0.283. The molecule has 0 bridgehead atoms. The highest BCUT2D eigenvalue weighted by Gasteiger charge is 2.29. The Kier molecular flexibility index (Phi) is 8.66. The third kappa shape index (κ3) is 5.58. The van der Waals surface area contributed by atoms with E-state index in [2.05, 4.69) is 36.0 Å². The van der Waals surface area contributed by atoms with E-state index in [1.165, 1.54) is 12.1 Å². The smallest absolute Gasteiger partial charge is 0.123 e. The molecule has 0 heterocycles. The number of halogens is 1. The molecule has 4 N–H and O–H groups in total. The summed E-state index contributed by atoms with van der Waals surface area (Å²) >= 11 is 0. The van der Waals surface area contributed by atoms with E-state index >= 15 is 0 Å². The van der Waals surface area contributed by atoms with Crippen LogP contribution in [0.15, 0.2) is 48.3 Å². The summed E-state index contributed by atoms with van der Waals surface area (Å²) in [4.78, 5) is 2.07. The number of benzene rings is 1. The molecule has 1 rings (SSSR count). The van der Waals surface area contributed by atoms with Crippen LogP contribution in [0.5, 0.6) is 0 Å². The first-order valence-electron chi connectivity index (χ1n) is 8.83. The summed E-state index contributed by atoms with van der Waals surface area (Å²) in [6.45, 7) is 8.99. The molecular formula is C20H33FN4. The number of hydrogen-bond donors (Lipinski definition) is 3. The molecule has 0 spiro atoms. The van der Waals surface area contributed by atoms with Crippen molar-refractivity contribution in [3.05, 3.63) is 59.7 Å². The Morgan fingerprint density at radius 2 is 1.92 bits per heavy atom. The predicted octanol–water partition coefficient (Wildman–Crippen LogP) is 2.80. The molecule has 0 amide bonds. The maximum atomic E-state index is 13.4. The van der Waals surface area contributed by atoms with Gasteiger partial charge in [-0.2, -0.15) is 0 Å². The molecule has 0 aliphatic heterocycles. The average Bonchev–Trinajstić information content (AvgIpc) is 2.60. The van der Waals surface area contributed by atoms with Crippen molar-refractivity contribution < 1.29 is 4.39 Å². The van der Waals surface area contributed by atoms with Crippen LogP contribution in [0.2, 0.25) is 0 Å². The highest BCUT2D eigenvalue weighted by Crippen LogP contribution is 2.32. The molecular weight excluding hydrogens is 315 g/mol. The number of nitrogens with zero attached hydrogens (tertiary/aromatic N) is 1. The molecule has 140 valence electrons. The Balaban J connectivity index is 3.57. The first kappa shape index (κ1) is 21.2. The Bertz CT molecular complexity index is 566. The van der Waals surface area contributed by atoms with Crippen molar-refractivity contribution in [1.82, 2.24) is 15.5 Å². The molecule has 0 saturated heterocycles. The third-order valence-electron chi connectivity index (χ3n) is 4.38. The van der Waals surface area contributed by atoms with Crippen molar-refractivity contribution in [3.63, 3.8) is 0 Å². The van der Waals surface area contributed by atoms with Crippen molar-refractivity contribution in [3.8, 4) is 0 Å². The van der Waals surface area contributed by atoms with Gasteiger partial charge in [-0.15, -0.1) is 6.58 Å². The fourth-order valence-corrected chi connectivity index (χ4v) is 2.95. The lowest BCUT2D eigenvalue weighted by molar-refractivity contribution is 0.427. The van der Waals surface area contributed by atoms with Crippen molar-refractivity contribution in [1.29, 1.82) is 0 Å². The van der Waals surface area contributed by atoms with Crippen LogP contribution in [0, 0.1) is 5.82 Å². The Morgan fingerprint density at radius 3 is 2.36 bits per heavy atom. The number of hydrogen-bond acceptors (Lipinski definition) is 4. The third-order valence-corrected chi connectivity index (χ3v) is 4.38.